The second-order valence-electron chi connectivity index (χ2n) is 12.0. The molecule has 0 saturated carbocycles. The molecule has 1 unspecified atom stereocenters. The minimum atomic E-state index is -1.13. The maximum atomic E-state index is 12.4. The molecule has 0 spiro atoms. The first-order valence-electron chi connectivity index (χ1n) is 15.0. The third-order valence-corrected chi connectivity index (χ3v) is 8.77. The van der Waals surface area contributed by atoms with E-state index in [-0.39, 0.29) is 18.3 Å². The van der Waals surface area contributed by atoms with Crippen LogP contribution in [0.1, 0.15) is 63.3 Å². The molecule has 0 saturated heterocycles. The van der Waals surface area contributed by atoms with Crippen LogP contribution < -0.4 is 16.0 Å². The average molecular weight is 576 g/mol. The van der Waals surface area contributed by atoms with Gasteiger partial charge in [-0.15, -0.1) is 0 Å². The van der Waals surface area contributed by atoms with Gasteiger partial charge in [0.15, 0.2) is 0 Å². The molecular formula is C36H37N3O4. The van der Waals surface area contributed by atoms with E-state index < -0.39 is 17.9 Å². The lowest BCUT2D eigenvalue weighted by molar-refractivity contribution is -0.138. The molecule has 2 aromatic rings. The van der Waals surface area contributed by atoms with Crippen molar-refractivity contribution in [2.75, 3.05) is 11.4 Å². The van der Waals surface area contributed by atoms with E-state index in [1.807, 2.05) is 6.07 Å². The number of hydrogen-bond donors (Lipinski definition) is 2. The van der Waals surface area contributed by atoms with Crippen molar-refractivity contribution in [1.82, 2.24) is 0 Å². The van der Waals surface area contributed by atoms with Crippen molar-refractivity contribution in [2.45, 2.75) is 64.3 Å². The highest BCUT2D eigenvalue weighted by Gasteiger charge is 2.40. The predicted octanol–water partition coefficient (Wildman–Crippen LogP) is 6.58. The molecule has 2 aromatic carbocycles. The monoisotopic (exact) mass is 575 g/mol. The van der Waals surface area contributed by atoms with Gasteiger partial charge in [0.05, 0.1) is 5.36 Å². The summed E-state index contributed by atoms with van der Waals surface area (Å²) in [5, 5.41) is 12.0. The van der Waals surface area contributed by atoms with Crippen molar-refractivity contribution in [3.63, 3.8) is 0 Å². The fourth-order valence-electron chi connectivity index (χ4n) is 6.59. The van der Waals surface area contributed by atoms with Crippen LogP contribution in [0.3, 0.4) is 0 Å². The highest BCUT2D eigenvalue weighted by Crippen LogP contribution is 2.50. The molecule has 7 heteroatoms. The Balaban J connectivity index is 1.36. The lowest BCUT2D eigenvalue weighted by atomic mass is 9.81. The number of carbonyl (C=O) groups is 2. The number of nitrogens with zero attached hydrogens (tertiary/aromatic N) is 2. The lowest BCUT2D eigenvalue weighted by Crippen LogP contribution is -2.30. The molecule has 2 aliphatic heterocycles. The van der Waals surface area contributed by atoms with Crippen molar-refractivity contribution < 1.29 is 19.1 Å². The third-order valence-electron chi connectivity index (χ3n) is 8.77. The van der Waals surface area contributed by atoms with Crippen molar-refractivity contribution in [2.24, 2.45) is 10.7 Å². The second-order valence-corrected chi connectivity index (χ2v) is 12.0. The zero-order chi connectivity index (χ0) is 30.3. The molecule has 0 bridgehead atoms. The Morgan fingerprint density at radius 1 is 1.09 bits per heavy atom. The first-order chi connectivity index (χ1) is 20.7. The largest absolute Gasteiger partial charge is 0.480 e. The van der Waals surface area contributed by atoms with Gasteiger partial charge < -0.3 is 20.2 Å². The molecule has 0 aromatic heterocycles. The van der Waals surface area contributed by atoms with Gasteiger partial charge in [-0.25, -0.2) is 4.99 Å². The number of rotatable bonds is 6. The number of benzene rings is 3. The van der Waals surface area contributed by atoms with Crippen LogP contribution in [0.2, 0.25) is 0 Å². The Morgan fingerprint density at radius 3 is 2.70 bits per heavy atom. The van der Waals surface area contributed by atoms with Crippen molar-refractivity contribution >= 4 is 33.9 Å². The molecular weight excluding hydrogens is 538 g/mol. The van der Waals surface area contributed by atoms with E-state index in [0.29, 0.717) is 11.1 Å². The molecule has 2 heterocycles. The summed E-state index contributed by atoms with van der Waals surface area (Å²) in [6.45, 7) is 7.70. The number of likely N-dealkylation sites (N-methyl/N-ethyl adjacent to an activating group) is 1. The van der Waals surface area contributed by atoms with Crippen LogP contribution in [0.4, 0.5) is 5.69 Å². The summed E-state index contributed by atoms with van der Waals surface area (Å²) in [5.41, 5.74) is 12.6. The fourth-order valence-corrected chi connectivity index (χ4v) is 6.59. The number of aryl methyl sites for hydroxylation is 1. The Bertz CT molecular complexity index is 1840. The summed E-state index contributed by atoms with van der Waals surface area (Å²) >= 11 is 0. The number of anilines is 1. The molecule has 1 amide bonds. The Kier molecular flexibility index (Phi) is 7.52. The maximum Gasteiger partial charge on any atom is 0.320 e. The number of fused-ring (bicyclic) bond motifs is 5. The quantitative estimate of drug-likeness (QED) is 0.269. The summed E-state index contributed by atoms with van der Waals surface area (Å²) < 4.78 is 6.51. The van der Waals surface area contributed by atoms with Crippen LogP contribution in [-0.4, -0.2) is 29.6 Å². The standard InChI is InChI=1S/C36H37N3O4/c1-4-39-29-17-13-22-8-5-6-11-27(22)33(29)36(2,3)31(39)18-14-23-9-7-10-25-20-24-12-15-26(21-30(24)43-34(23)25)38-32(40)19-16-28(37)35(41)42/h5-6,8,11-15,17-18,20-21,28H,4,7,9-10,16,19,37H2,1-3H3,(H,41,42)/b23-14+,31-18+,38-26?. The Labute approximate surface area is 251 Å². The second kappa shape index (κ2) is 11.3. The number of aliphatic carboxylic acids is 1. The summed E-state index contributed by atoms with van der Waals surface area (Å²) in [6, 6.07) is 19.7. The van der Waals surface area contributed by atoms with E-state index in [1.54, 1.807) is 12.1 Å². The highest BCUT2D eigenvalue weighted by molar-refractivity contribution is 5.95. The van der Waals surface area contributed by atoms with Gasteiger partial charge in [-0.1, -0.05) is 50.3 Å². The summed E-state index contributed by atoms with van der Waals surface area (Å²) in [6.07, 6.45) is 7.43. The highest BCUT2D eigenvalue weighted by atomic mass is 16.4. The van der Waals surface area contributed by atoms with Crippen LogP contribution in [0.25, 0.3) is 27.7 Å². The molecule has 0 fully saturated rings. The fraction of sp³-hybridized carbons (Fsp3) is 0.306. The van der Waals surface area contributed by atoms with Crippen LogP contribution in [-0.2, 0) is 21.4 Å². The first kappa shape index (κ1) is 28.6. The number of carbonyl (C=O) groups excluding carboxylic acids is 1. The predicted molar refractivity (Wildman–Crippen MR) is 170 cm³/mol. The number of allylic oxidation sites excluding steroid dienone is 4. The summed E-state index contributed by atoms with van der Waals surface area (Å²) in [7, 11) is 0. The minimum absolute atomic E-state index is 0.0286. The molecule has 3 N–H and O–H groups in total. The van der Waals surface area contributed by atoms with E-state index in [9.17, 15) is 9.59 Å². The minimum Gasteiger partial charge on any atom is -0.480 e. The Morgan fingerprint density at radius 2 is 1.91 bits per heavy atom. The van der Waals surface area contributed by atoms with E-state index in [1.165, 1.54) is 33.3 Å². The van der Waals surface area contributed by atoms with Gasteiger partial charge in [-0.2, -0.15) is 0 Å². The normalized spacial score (nSPS) is 18.8. The van der Waals surface area contributed by atoms with Crippen molar-refractivity contribution in [1.29, 1.82) is 0 Å². The third kappa shape index (κ3) is 5.30. The van der Waals surface area contributed by atoms with E-state index in [0.717, 1.165) is 42.7 Å². The van der Waals surface area contributed by atoms with Gasteiger partial charge in [-0.05, 0) is 90.4 Å². The number of amides is 1. The summed E-state index contributed by atoms with van der Waals surface area (Å²) in [5.74, 6) is 0.00670. The lowest BCUT2D eigenvalue weighted by Gasteiger charge is -2.26. The van der Waals surface area contributed by atoms with Gasteiger partial charge in [-0.3, -0.25) is 9.59 Å². The van der Waals surface area contributed by atoms with Gasteiger partial charge in [0.25, 0.3) is 0 Å². The molecule has 4 aliphatic rings. The van der Waals surface area contributed by atoms with Gasteiger partial charge in [0, 0.05) is 41.4 Å². The van der Waals surface area contributed by atoms with E-state index in [4.69, 9.17) is 15.3 Å². The van der Waals surface area contributed by atoms with Gasteiger partial charge in [0.1, 0.15) is 17.6 Å². The van der Waals surface area contributed by atoms with Crippen molar-refractivity contribution in [3.05, 3.63) is 101 Å². The topological polar surface area (TPSA) is 109 Å². The van der Waals surface area contributed by atoms with Crippen LogP contribution in [0, 0.1) is 0 Å². The van der Waals surface area contributed by atoms with E-state index in [2.05, 4.69) is 85.3 Å². The zero-order valence-electron chi connectivity index (χ0n) is 24.9. The molecule has 220 valence electrons. The van der Waals surface area contributed by atoms with Gasteiger partial charge in [0.2, 0.25) is 5.91 Å². The van der Waals surface area contributed by atoms with Crippen LogP contribution >= 0.6 is 0 Å². The SMILES string of the molecule is CCN1/C(=C/C=C2\CCCc3cc4ccc(=NC(=O)CCC(N)C(=O)O)cc-4oc32)C(C)(C)c2c1ccc1ccccc21. The van der Waals surface area contributed by atoms with Crippen LogP contribution in [0.5, 0.6) is 0 Å². The molecule has 43 heavy (non-hydrogen) atoms. The Hall–Kier alpha value is -4.49. The molecule has 6 rings (SSSR count). The number of carboxylic acids is 1. The zero-order valence-corrected chi connectivity index (χ0v) is 24.9. The number of nitrogens with two attached hydrogens (primary N) is 1. The van der Waals surface area contributed by atoms with Crippen molar-refractivity contribution in [3.8, 4) is 11.3 Å². The number of carboxylic acid groups (broad SMARTS) is 1. The molecule has 2 aliphatic carbocycles. The number of hydrogen-bond acceptors (Lipinski definition) is 5. The summed E-state index contributed by atoms with van der Waals surface area (Å²) in [4.78, 5) is 29.9. The molecule has 7 nitrogen and oxygen atoms in total. The molecule has 1 atom stereocenters. The first-order valence-corrected chi connectivity index (χ1v) is 15.0. The van der Waals surface area contributed by atoms with Crippen LogP contribution in [0.15, 0.2) is 87.9 Å². The smallest absolute Gasteiger partial charge is 0.320 e. The van der Waals surface area contributed by atoms with E-state index >= 15 is 0 Å². The average Bonchev–Trinajstić information content (AvgIpc) is 3.23. The van der Waals surface area contributed by atoms with Gasteiger partial charge >= 0.3 is 5.97 Å². The maximum absolute atomic E-state index is 12.4. The molecule has 0 radical (unpaired) electrons.